The van der Waals surface area contributed by atoms with E-state index in [-0.39, 0.29) is 11.0 Å². The van der Waals surface area contributed by atoms with Crippen LogP contribution in [0, 0.1) is 16.7 Å². The number of hydrogen-bond donors (Lipinski definition) is 0. The molecule has 0 saturated heterocycles. The largest absolute Gasteiger partial charge is 0.229 e. The highest BCUT2D eigenvalue weighted by atomic mass is 32.2. The van der Waals surface area contributed by atoms with E-state index in [9.17, 15) is 8.42 Å². The van der Waals surface area contributed by atoms with Crippen LogP contribution in [0.5, 0.6) is 0 Å². The minimum Gasteiger partial charge on any atom is -0.229 e. The SMILES string of the molecule is CCS(=O)(=O)C1CCC(C)(C#N)C1. The Labute approximate surface area is 79.7 Å². The van der Waals surface area contributed by atoms with Gasteiger partial charge in [-0.3, -0.25) is 0 Å². The average Bonchev–Trinajstić information content (AvgIpc) is 2.50. The van der Waals surface area contributed by atoms with Gasteiger partial charge < -0.3 is 0 Å². The van der Waals surface area contributed by atoms with Crippen molar-refractivity contribution in [1.29, 1.82) is 5.26 Å². The standard InChI is InChI=1S/C9H15NO2S/c1-3-13(11,12)8-4-5-9(2,6-8)7-10/h8H,3-6H2,1-2H3. The molecule has 1 saturated carbocycles. The molecular formula is C9H15NO2S. The molecule has 4 heteroatoms. The van der Waals surface area contributed by atoms with Crippen molar-refractivity contribution in [3.8, 4) is 6.07 Å². The monoisotopic (exact) mass is 201 g/mol. The lowest BCUT2D eigenvalue weighted by Crippen LogP contribution is -2.21. The summed E-state index contributed by atoms with van der Waals surface area (Å²) in [7, 11) is -2.93. The Kier molecular flexibility index (Phi) is 2.67. The lowest BCUT2D eigenvalue weighted by Gasteiger charge is -2.13. The van der Waals surface area contributed by atoms with Crippen molar-refractivity contribution >= 4 is 9.84 Å². The molecule has 1 aliphatic rings. The van der Waals surface area contributed by atoms with Crippen molar-refractivity contribution in [3.63, 3.8) is 0 Å². The van der Waals surface area contributed by atoms with E-state index in [4.69, 9.17) is 5.26 Å². The molecule has 0 N–H and O–H groups in total. The summed E-state index contributed by atoms with van der Waals surface area (Å²) in [6.45, 7) is 3.51. The van der Waals surface area contributed by atoms with Crippen LogP contribution in [0.1, 0.15) is 33.1 Å². The van der Waals surface area contributed by atoms with Gasteiger partial charge in [0.1, 0.15) is 0 Å². The van der Waals surface area contributed by atoms with Crippen LogP contribution < -0.4 is 0 Å². The van der Waals surface area contributed by atoms with E-state index in [1.165, 1.54) is 0 Å². The third kappa shape index (κ3) is 2.02. The van der Waals surface area contributed by atoms with Gasteiger partial charge in [-0.15, -0.1) is 0 Å². The van der Waals surface area contributed by atoms with E-state index in [1.54, 1.807) is 6.92 Å². The Balaban J connectivity index is 2.78. The highest BCUT2D eigenvalue weighted by molar-refractivity contribution is 7.92. The molecule has 1 fully saturated rings. The topological polar surface area (TPSA) is 57.9 Å². The molecule has 1 rings (SSSR count). The molecule has 0 aliphatic heterocycles. The van der Waals surface area contributed by atoms with Crippen molar-refractivity contribution in [3.05, 3.63) is 0 Å². The maximum atomic E-state index is 11.5. The van der Waals surface area contributed by atoms with Gasteiger partial charge in [0.15, 0.2) is 9.84 Å². The number of rotatable bonds is 2. The first-order valence-corrected chi connectivity index (χ1v) is 6.28. The maximum Gasteiger partial charge on any atom is 0.152 e. The molecule has 0 aromatic heterocycles. The maximum absolute atomic E-state index is 11.5. The summed E-state index contributed by atoms with van der Waals surface area (Å²) in [5.41, 5.74) is -0.410. The predicted molar refractivity (Wildman–Crippen MR) is 50.8 cm³/mol. The summed E-state index contributed by atoms with van der Waals surface area (Å²) in [5, 5.41) is 8.56. The second kappa shape index (κ2) is 3.30. The molecule has 2 unspecified atom stereocenters. The van der Waals surface area contributed by atoms with Crippen molar-refractivity contribution in [2.75, 3.05) is 5.75 Å². The molecule has 0 bridgehead atoms. The van der Waals surface area contributed by atoms with Crippen LogP contribution in [0.25, 0.3) is 0 Å². The van der Waals surface area contributed by atoms with Gasteiger partial charge in [-0.1, -0.05) is 6.92 Å². The van der Waals surface area contributed by atoms with Crippen LogP contribution in [0.15, 0.2) is 0 Å². The summed E-state index contributed by atoms with van der Waals surface area (Å²) in [6, 6.07) is 2.20. The molecule has 3 nitrogen and oxygen atoms in total. The highest BCUT2D eigenvalue weighted by Gasteiger charge is 2.40. The molecule has 0 aromatic carbocycles. The fourth-order valence-corrected chi connectivity index (χ4v) is 3.40. The molecule has 0 radical (unpaired) electrons. The third-order valence-corrected chi connectivity index (χ3v) is 5.10. The lowest BCUT2D eigenvalue weighted by molar-refractivity contribution is 0.460. The fourth-order valence-electron chi connectivity index (χ4n) is 1.83. The van der Waals surface area contributed by atoms with E-state index in [0.717, 1.165) is 0 Å². The Bertz CT molecular complexity index is 328. The van der Waals surface area contributed by atoms with Crippen LogP contribution >= 0.6 is 0 Å². The van der Waals surface area contributed by atoms with Crippen LogP contribution in [0.4, 0.5) is 0 Å². The second-order valence-corrected chi connectivity index (χ2v) is 6.56. The summed E-state index contributed by atoms with van der Waals surface area (Å²) in [4.78, 5) is 0. The Hall–Kier alpha value is -0.560. The molecule has 74 valence electrons. The van der Waals surface area contributed by atoms with Crippen molar-refractivity contribution in [2.24, 2.45) is 5.41 Å². The van der Waals surface area contributed by atoms with Crippen LogP contribution in [0.3, 0.4) is 0 Å². The second-order valence-electron chi connectivity index (χ2n) is 3.99. The smallest absolute Gasteiger partial charge is 0.152 e. The van der Waals surface area contributed by atoms with Crippen molar-refractivity contribution in [2.45, 2.75) is 38.4 Å². The third-order valence-electron chi connectivity index (χ3n) is 2.88. The van der Waals surface area contributed by atoms with Gasteiger partial charge in [-0.05, 0) is 26.2 Å². The van der Waals surface area contributed by atoms with E-state index in [1.807, 2.05) is 6.92 Å². The van der Waals surface area contributed by atoms with Gasteiger partial charge in [0.25, 0.3) is 0 Å². The van der Waals surface area contributed by atoms with Gasteiger partial charge in [0.05, 0.1) is 16.7 Å². The van der Waals surface area contributed by atoms with E-state index < -0.39 is 15.3 Å². The summed E-state index contributed by atoms with van der Waals surface area (Å²) in [6.07, 6.45) is 1.88. The quantitative estimate of drug-likeness (QED) is 0.680. The Morgan fingerprint density at radius 2 is 2.23 bits per heavy atom. The first-order chi connectivity index (χ1) is 5.93. The molecule has 1 aliphatic carbocycles. The summed E-state index contributed by atoms with van der Waals surface area (Å²) >= 11 is 0. The van der Waals surface area contributed by atoms with Crippen LogP contribution in [0.2, 0.25) is 0 Å². The normalized spacial score (nSPS) is 34.4. The number of hydrogen-bond acceptors (Lipinski definition) is 3. The van der Waals surface area contributed by atoms with Gasteiger partial charge in [0.2, 0.25) is 0 Å². The summed E-state index contributed by atoms with van der Waals surface area (Å²) in [5.74, 6) is 0.194. The number of nitrogens with zero attached hydrogens (tertiary/aromatic N) is 1. The van der Waals surface area contributed by atoms with Crippen LogP contribution in [-0.2, 0) is 9.84 Å². The summed E-state index contributed by atoms with van der Waals surface area (Å²) < 4.78 is 23.0. The minimum absolute atomic E-state index is 0.194. The highest BCUT2D eigenvalue weighted by Crippen LogP contribution is 2.40. The first kappa shape index (κ1) is 10.5. The lowest BCUT2D eigenvalue weighted by atomic mass is 9.91. The van der Waals surface area contributed by atoms with E-state index >= 15 is 0 Å². The van der Waals surface area contributed by atoms with E-state index in [2.05, 4.69) is 6.07 Å². The zero-order valence-electron chi connectivity index (χ0n) is 8.08. The van der Waals surface area contributed by atoms with Gasteiger partial charge in [-0.2, -0.15) is 5.26 Å². The predicted octanol–water partition coefficient (Wildman–Crippen LogP) is 1.50. The average molecular weight is 201 g/mol. The molecular weight excluding hydrogens is 186 g/mol. The first-order valence-electron chi connectivity index (χ1n) is 4.56. The fraction of sp³-hybridized carbons (Fsp3) is 0.889. The Morgan fingerprint density at radius 3 is 2.62 bits per heavy atom. The van der Waals surface area contributed by atoms with Crippen LogP contribution in [-0.4, -0.2) is 19.4 Å². The molecule has 0 heterocycles. The Morgan fingerprint density at radius 1 is 1.62 bits per heavy atom. The molecule has 0 amide bonds. The molecule has 13 heavy (non-hydrogen) atoms. The zero-order valence-corrected chi connectivity index (χ0v) is 8.89. The zero-order chi connectivity index (χ0) is 10.1. The van der Waals surface area contributed by atoms with Gasteiger partial charge >= 0.3 is 0 Å². The number of nitriles is 1. The number of sulfone groups is 1. The molecule has 0 aromatic rings. The molecule has 2 atom stereocenters. The van der Waals surface area contributed by atoms with Crippen molar-refractivity contribution < 1.29 is 8.42 Å². The van der Waals surface area contributed by atoms with Crippen molar-refractivity contribution in [1.82, 2.24) is 0 Å². The molecule has 0 spiro atoms. The van der Waals surface area contributed by atoms with E-state index in [0.29, 0.717) is 19.3 Å². The van der Waals surface area contributed by atoms with Gasteiger partial charge in [0, 0.05) is 5.75 Å². The minimum atomic E-state index is -2.93. The van der Waals surface area contributed by atoms with Gasteiger partial charge in [-0.25, -0.2) is 8.42 Å².